The van der Waals surface area contributed by atoms with Gasteiger partial charge in [0.2, 0.25) is 0 Å². The van der Waals surface area contributed by atoms with Gasteiger partial charge in [-0.3, -0.25) is 4.68 Å². The molecule has 1 aliphatic heterocycles. The molecule has 0 spiro atoms. The molecule has 9 nitrogen and oxygen atoms in total. The molecule has 3 aromatic rings. The maximum atomic E-state index is 12.7. The van der Waals surface area contributed by atoms with Gasteiger partial charge in [-0.05, 0) is 31.0 Å². The zero-order chi connectivity index (χ0) is 21.1. The van der Waals surface area contributed by atoms with Gasteiger partial charge in [0.1, 0.15) is 17.9 Å². The number of nitrogens with one attached hydrogen (secondary N) is 1. The van der Waals surface area contributed by atoms with Gasteiger partial charge in [-0.2, -0.15) is 5.10 Å². The number of ether oxygens (including phenoxy) is 1. The van der Waals surface area contributed by atoms with Gasteiger partial charge in [-0.1, -0.05) is 12.1 Å². The normalized spacial score (nSPS) is 15.3. The van der Waals surface area contributed by atoms with Gasteiger partial charge < -0.3 is 19.9 Å². The van der Waals surface area contributed by atoms with Crippen molar-refractivity contribution in [3.63, 3.8) is 0 Å². The number of anilines is 1. The summed E-state index contributed by atoms with van der Waals surface area (Å²) in [6, 6.07) is 7.93. The van der Waals surface area contributed by atoms with Gasteiger partial charge in [0, 0.05) is 39.3 Å². The number of methoxy groups -OCH3 is 1. The molecule has 4 rings (SSSR count). The fraction of sp³-hybridized carbons (Fsp3) is 0.429. The van der Waals surface area contributed by atoms with Crippen LogP contribution in [0.25, 0.3) is 11.0 Å². The van der Waals surface area contributed by atoms with Crippen molar-refractivity contribution >= 4 is 22.9 Å². The average molecular weight is 409 g/mol. The van der Waals surface area contributed by atoms with Gasteiger partial charge >= 0.3 is 6.03 Å². The molecule has 1 saturated heterocycles. The number of nitrogens with zero attached hydrogens (tertiary/aromatic N) is 6. The molecular weight excluding hydrogens is 382 g/mol. The van der Waals surface area contributed by atoms with Gasteiger partial charge in [-0.15, -0.1) is 0 Å². The standard InChI is InChI=1S/C21H27N7O2/c1-15(11-16-5-4-6-17(12-16)30-3)25-21(29)28-9-7-27(8-10-28)20-18-13-24-26(2)19(18)22-14-23-20/h4-6,12-15H,7-11H2,1-3H3,(H,25,29). The van der Waals surface area contributed by atoms with Crippen LogP contribution in [-0.4, -0.2) is 70.0 Å². The molecule has 1 unspecified atom stereocenters. The Hall–Kier alpha value is -3.36. The van der Waals surface area contributed by atoms with Crippen molar-refractivity contribution in [3.05, 3.63) is 42.4 Å². The molecule has 1 aromatic carbocycles. The average Bonchev–Trinajstić information content (AvgIpc) is 3.15. The zero-order valence-corrected chi connectivity index (χ0v) is 17.6. The fourth-order valence-electron chi connectivity index (χ4n) is 3.83. The molecule has 2 amide bonds. The van der Waals surface area contributed by atoms with Crippen LogP contribution in [0.2, 0.25) is 0 Å². The van der Waals surface area contributed by atoms with Crippen LogP contribution in [0, 0.1) is 0 Å². The number of rotatable bonds is 5. The number of aromatic nitrogens is 4. The highest BCUT2D eigenvalue weighted by Crippen LogP contribution is 2.23. The lowest BCUT2D eigenvalue weighted by Gasteiger charge is -2.36. The first-order chi connectivity index (χ1) is 14.5. The Labute approximate surface area is 175 Å². The number of carbonyl (C=O) groups excluding carboxylic acids is 1. The number of hydrogen-bond acceptors (Lipinski definition) is 6. The van der Waals surface area contributed by atoms with E-state index in [4.69, 9.17) is 4.74 Å². The predicted molar refractivity (Wildman–Crippen MR) is 115 cm³/mol. The molecule has 2 aromatic heterocycles. The van der Waals surface area contributed by atoms with Crippen molar-refractivity contribution in [2.75, 3.05) is 38.2 Å². The molecule has 1 atom stereocenters. The monoisotopic (exact) mass is 409 g/mol. The van der Waals surface area contributed by atoms with Crippen molar-refractivity contribution in [1.82, 2.24) is 30.0 Å². The van der Waals surface area contributed by atoms with E-state index < -0.39 is 0 Å². The summed E-state index contributed by atoms with van der Waals surface area (Å²) in [7, 11) is 3.53. The second-order valence-electron chi connectivity index (χ2n) is 7.58. The van der Waals surface area contributed by atoms with Gasteiger partial charge in [0.25, 0.3) is 0 Å². The minimum absolute atomic E-state index is 0.0273. The maximum Gasteiger partial charge on any atom is 0.317 e. The van der Waals surface area contributed by atoms with E-state index in [0.717, 1.165) is 47.7 Å². The molecule has 0 saturated carbocycles. The highest BCUT2D eigenvalue weighted by atomic mass is 16.5. The number of fused-ring (bicyclic) bond motifs is 1. The number of piperazine rings is 1. The SMILES string of the molecule is COc1cccc(CC(C)NC(=O)N2CCN(c3ncnc4c3cnn4C)CC2)c1. The van der Waals surface area contributed by atoms with Crippen LogP contribution in [0.1, 0.15) is 12.5 Å². The molecule has 1 fully saturated rings. The van der Waals surface area contributed by atoms with Crippen LogP contribution in [-0.2, 0) is 13.5 Å². The summed E-state index contributed by atoms with van der Waals surface area (Å²) >= 11 is 0. The van der Waals surface area contributed by atoms with Gasteiger partial charge in [-0.25, -0.2) is 14.8 Å². The van der Waals surface area contributed by atoms with E-state index in [9.17, 15) is 4.79 Å². The lowest BCUT2D eigenvalue weighted by atomic mass is 10.1. The summed E-state index contributed by atoms with van der Waals surface area (Å²) in [4.78, 5) is 25.5. The number of amides is 2. The van der Waals surface area contributed by atoms with Gasteiger partial charge in [0.15, 0.2) is 5.65 Å². The van der Waals surface area contributed by atoms with E-state index in [1.54, 1.807) is 24.3 Å². The smallest absolute Gasteiger partial charge is 0.317 e. The summed E-state index contributed by atoms with van der Waals surface area (Å²) in [5.74, 6) is 1.70. The molecule has 1 aliphatic rings. The zero-order valence-electron chi connectivity index (χ0n) is 17.6. The van der Waals surface area contributed by atoms with Crippen LogP contribution in [0.3, 0.4) is 0 Å². The summed E-state index contributed by atoms with van der Waals surface area (Å²) in [5.41, 5.74) is 1.95. The van der Waals surface area contributed by atoms with Crippen LogP contribution < -0.4 is 15.0 Å². The first-order valence-electron chi connectivity index (χ1n) is 10.1. The number of carbonyl (C=O) groups is 1. The molecule has 0 bridgehead atoms. The van der Waals surface area contributed by atoms with Crippen LogP contribution in [0.4, 0.5) is 10.6 Å². The summed E-state index contributed by atoms with van der Waals surface area (Å²) in [5, 5.41) is 8.32. The molecule has 3 heterocycles. The number of urea groups is 1. The summed E-state index contributed by atoms with van der Waals surface area (Å²) < 4.78 is 7.02. The maximum absolute atomic E-state index is 12.7. The number of hydrogen-bond donors (Lipinski definition) is 1. The van der Waals surface area contributed by atoms with Crippen LogP contribution in [0.5, 0.6) is 5.75 Å². The van der Waals surface area contributed by atoms with E-state index in [2.05, 4.69) is 25.3 Å². The Morgan fingerprint density at radius 1 is 1.23 bits per heavy atom. The first kappa shape index (κ1) is 19.9. The minimum Gasteiger partial charge on any atom is -0.497 e. The summed E-state index contributed by atoms with van der Waals surface area (Å²) in [6.07, 6.45) is 4.12. The summed E-state index contributed by atoms with van der Waals surface area (Å²) in [6.45, 7) is 4.75. The third-order valence-corrected chi connectivity index (χ3v) is 5.42. The Morgan fingerprint density at radius 3 is 2.80 bits per heavy atom. The molecule has 1 N–H and O–H groups in total. The Bertz CT molecular complexity index is 1030. The van der Waals surface area contributed by atoms with E-state index in [0.29, 0.717) is 13.1 Å². The Kier molecular flexibility index (Phi) is 5.69. The van der Waals surface area contributed by atoms with E-state index in [1.807, 2.05) is 43.1 Å². The molecular formula is C21H27N7O2. The quantitative estimate of drug-likeness (QED) is 0.692. The van der Waals surface area contributed by atoms with E-state index >= 15 is 0 Å². The van der Waals surface area contributed by atoms with Crippen LogP contribution >= 0.6 is 0 Å². The van der Waals surface area contributed by atoms with Crippen molar-refractivity contribution < 1.29 is 9.53 Å². The second kappa shape index (κ2) is 8.56. The molecule has 0 aliphatic carbocycles. The topological polar surface area (TPSA) is 88.4 Å². The predicted octanol–water partition coefficient (Wildman–Crippen LogP) is 1.83. The van der Waals surface area contributed by atoms with Crippen molar-refractivity contribution in [1.29, 1.82) is 0 Å². The minimum atomic E-state index is -0.0285. The van der Waals surface area contributed by atoms with E-state index in [1.165, 1.54) is 0 Å². The van der Waals surface area contributed by atoms with E-state index in [-0.39, 0.29) is 12.1 Å². The molecule has 158 valence electrons. The highest BCUT2D eigenvalue weighted by molar-refractivity contribution is 5.86. The lowest BCUT2D eigenvalue weighted by molar-refractivity contribution is 0.191. The van der Waals surface area contributed by atoms with Crippen molar-refractivity contribution in [2.45, 2.75) is 19.4 Å². The molecule has 9 heteroatoms. The third kappa shape index (κ3) is 4.14. The lowest BCUT2D eigenvalue weighted by Crippen LogP contribution is -2.53. The second-order valence-corrected chi connectivity index (χ2v) is 7.58. The fourth-order valence-corrected chi connectivity index (χ4v) is 3.83. The number of aryl methyl sites for hydroxylation is 1. The molecule has 0 radical (unpaired) electrons. The Morgan fingerprint density at radius 2 is 2.03 bits per heavy atom. The third-order valence-electron chi connectivity index (χ3n) is 5.42. The highest BCUT2D eigenvalue weighted by Gasteiger charge is 2.24. The first-order valence-corrected chi connectivity index (χ1v) is 10.1. The molecule has 30 heavy (non-hydrogen) atoms. The van der Waals surface area contributed by atoms with Crippen molar-refractivity contribution in [3.8, 4) is 5.75 Å². The largest absolute Gasteiger partial charge is 0.497 e. The Balaban J connectivity index is 1.32. The van der Waals surface area contributed by atoms with Gasteiger partial charge in [0.05, 0.1) is 18.7 Å². The number of benzene rings is 1. The van der Waals surface area contributed by atoms with Crippen LogP contribution in [0.15, 0.2) is 36.8 Å². The van der Waals surface area contributed by atoms with Crippen molar-refractivity contribution in [2.24, 2.45) is 7.05 Å².